The van der Waals surface area contributed by atoms with Gasteiger partial charge in [-0.1, -0.05) is 6.07 Å². The number of benzene rings is 2. The van der Waals surface area contributed by atoms with E-state index in [2.05, 4.69) is 10.2 Å². The molecule has 0 aliphatic heterocycles. The van der Waals surface area contributed by atoms with E-state index in [4.69, 9.17) is 4.74 Å². The number of non-ortho nitro benzene ring substituents is 1. The summed E-state index contributed by atoms with van der Waals surface area (Å²) in [6, 6.07) is 10.4. The zero-order valence-electron chi connectivity index (χ0n) is 15.5. The van der Waals surface area contributed by atoms with Crippen molar-refractivity contribution in [3.8, 4) is 11.6 Å². The van der Waals surface area contributed by atoms with Gasteiger partial charge in [-0.05, 0) is 38.1 Å². The van der Waals surface area contributed by atoms with Crippen LogP contribution < -0.4 is 4.74 Å². The summed E-state index contributed by atoms with van der Waals surface area (Å²) in [5.74, 6) is -0.319. The molecule has 0 saturated carbocycles. The number of nitro groups is 1. The Morgan fingerprint density at radius 2 is 2.00 bits per heavy atom. The molecule has 0 aliphatic rings. The van der Waals surface area contributed by atoms with Crippen molar-refractivity contribution in [2.24, 2.45) is 10.2 Å². The number of hydrogen-bond donors (Lipinski definition) is 1. The molecule has 144 valence electrons. The number of nitrogens with zero attached hydrogens (tertiary/aromatic N) is 4. The van der Waals surface area contributed by atoms with Crippen LogP contribution in [0.15, 0.2) is 52.7 Å². The van der Waals surface area contributed by atoms with Crippen LogP contribution >= 0.6 is 0 Å². The Kier molecular flexibility index (Phi) is 5.08. The highest BCUT2D eigenvalue weighted by atomic mass is 16.6. The van der Waals surface area contributed by atoms with Crippen molar-refractivity contribution in [1.82, 2.24) is 4.57 Å². The van der Waals surface area contributed by atoms with Crippen LogP contribution in [0.25, 0.3) is 10.9 Å². The third-order valence-electron chi connectivity index (χ3n) is 4.22. The second kappa shape index (κ2) is 7.47. The zero-order chi connectivity index (χ0) is 20.4. The third kappa shape index (κ3) is 3.41. The monoisotopic (exact) mass is 382 g/mol. The smallest absolute Gasteiger partial charge is 0.295 e. The van der Waals surface area contributed by atoms with E-state index in [1.165, 1.54) is 25.3 Å². The molecule has 1 aromatic heterocycles. The van der Waals surface area contributed by atoms with Crippen LogP contribution in [-0.4, -0.2) is 27.6 Å². The first-order valence-corrected chi connectivity index (χ1v) is 8.45. The van der Waals surface area contributed by atoms with Crippen molar-refractivity contribution in [3.63, 3.8) is 0 Å². The Morgan fingerprint density at radius 1 is 1.25 bits per heavy atom. The molecule has 0 fully saturated rings. The van der Waals surface area contributed by atoms with Crippen LogP contribution in [0, 0.1) is 10.1 Å². The topological polar surface area (TPSA) is 119 Å². The molecule has 0 saturated heterocycles. The highest BCUT2D eigenvalue weighted by Gasteiger charge is 2.20. The minimum atomic E-state index is -0.753. The number of nitro benzene ring substituents is 1. The van der Waals surface area contributed by atoms with Gasteiger partial charge in [-0.3, -0.25) is 14.9 Å². The number of rotatable bonds is 5. The van der Waals surface area contributed by atoms with Crippen molar-refractivity contribution in [2.45, 2.75) is 19.9 Å². The molecule has 0 radical (unpaired) electrons. The van der Waals surface area contributed by atoms with E-state index < -0.39 is 10.8 Å². The highest BCUT2D eigenvalue weighted by Crippen LogP contribution is 2.42. The molecular formula is C19H18N4O5. The lowest BCUT2D eigenvalue weighted by molar-refractivity contribution is -0.384. The molecule has 9 heteroatoms. The van der Waals surface area contributed by atoms with Crippen molar-refractivity contribution >= 4 is 28.2 Å². The number of carbonyl (C=O) groups is 1. The maximum atomic E-state index is 12.3. The number of hydrogen-bond acceptors (Lipinski definition) is 6. The van der Waals surface area contributed by atoms with Gasteiger partial charge in [0.1, 0.15) is 5.75 Å². The fourth-order valence-corrected chi connectivity index (χ4v) is 2.92. The number of aromatic nitrogens is 1. The minimum Gasteiger partial charge on any atom is -0.497 e. The number of aromatic hydroxyl groups is 1. The van der Waals surface area contributed by atoms with Crippen LogP contribution in [0.1, 0.15) is 30.2 Å². The number of fused-ring (bicyclic) bond motifs is 1. The van der Waals surface area contributed by atoms with E-state index in [1.54, 1.807) is 22.8 Å². The van der Waals surface area contributed by atoms with Gasteiger partial charge in [-0.25, -0.2) is 0 Å². The maximum absolute atomic E-state index is 12.3. The second-order valence-electron chi connectivity index (χ2n) is 6.33. The van der Waals surface area contributed by atoms with E-state index in [9.17, 15) is 20.0 Å². The van der Waals surface area contributed by atoms with Gasteiger partial charge in [0.2, 0.25) is 5.88 Å². The average molecular weight is 382 g/mol. The molecule has 0 unspecified atom stereocenters. The van der Waals surface area contributed by atoms with Crippen LogP contribution in [-0.2, 0) is 0 Å². The van der Waals surface area contributed by atoms with Crippen molar-refractivity contribution < 1.29 is 19.6 Å². The van der Waals surface area contributed by atoms with Gasteiger partial charge in [0.25, 0.3) is 11.6 Å². The summed E-state index contributed by atoms with van der Waals surface area (Å²) in [7, 11) is 1.52. The van der Waals surface area contributed by atoms with Crippen molar-refractivity contribution in [1.29, 1.82) is 0 Å². The first-order chi connectivity index (χ1) is 13.3. The Hall–Kier alpha value is -3.75. The molecule has 1 amide bonds. The number of carbonyl (C=O) groups excluding carboxylic acids is 1. The lowest BCUT2D eigenvalue weighted by atomic mass is 10.2. The van der Waals surface area contributed by atoms with Gasteiger partial charge in [0.15, 0.2) is 5.69 Å². The lowest BCUT2D eigenvalue weighted by Gasteiger charge is -2.10. The average Bonchev–Trinajstić information content (AvgIpc) is 2.96. The summed E-state index contributed by atoms with van der Waals surface area (Å²) in [4.78, 5) is 22.6. The van der Waals surface area contributed by atoms with Crippen LogP contribution in [0.3, 0.4) is 0 Å². The highest BCUT2D eigenvalue weighted by molar-refractivity contribution is 5.98. The minimum absolute atomic E-state index is 0.0302. The first-order valence-electron chi connectivity index (χ1n) is 8.45. The molecule has 3 aromatic rings. The van der Waals surface area contributed by atoms with Crippen molar-refractivity contribution in [3.05, 3.63) is 58.1 Å². The summed E-state index contributed by atoms with van der Waals surface area (Å²) < 4.78 is 6.89. The Morgan fingerprint density at radius 3 is 2.64 bits per heavy atom. The molecule has 28 heavy (non-hydrogen) atoms. The van der Waals surface area contributed by atoms with E-state index >= 15 is 0 Å². The molecule has 1 N–H and O–H groups in total. The normalized spacial score (nSPS) is 11.4. The van der Waals surface area contributed by atoms with Crippen molar-refractivity contribution in [2.75, 3.05) is 7.11 Å². The summed E-state index contributed by atoms with van der Waals surface area (Å²) in [6.07, 6.45) is 0. The Labute approximate surface area is 160 Å². The van der Waals surface area contributed by atoms with Gasteiger partial charge in [0, 0.05) is 23.6 Å². The number of methoxy groups -OCH3 is 1. The summed E-state index contributed by atoms with van der Waals surface area (Å²) in [5.41, 5.74) is 0.652. The standard InChI is InChI=1S/C19H18N4O5/c1-11(2)22-16-8-7-14(28-3)10-15(16)17(19(22)25)20-21-18(24)12-5-4-6-13(9-12)23(26)27/h4-11,25H,1-3H3. The van der Waals surface area contributed by atoms with E-state index in [0.717, 1.165) is 6.07 Å². The predicted octanol–water partition coefficient (Wildman–Crippen LogP) is 4.77. The number of azo groups is 1. The molecule has 0 bridgehead atoms. The maximum Gasteiger partial charge on any atom is 0.295 e. The summed E-state index contributed by atoms with van der Waals surface area (Å²) in [5, 5.41) is 29.6. The van der Waals surface area contributed by atoms with Gasteiger partial charge in [0.05, 0.1) is 23.1 Å². The Bertz CT molecular complexity index is 1100. The van der Waals surface area contributed by atoms with Crippen LogP contribution in [0.4, 0.5) is 11.4 Å². The van der Waals surface area contributed by atoms with Gasteiger partial charge in [-0.15, -0.1) is 10.2 Å². The van der Waals surface area contributed by atoms with Gasteiger partial charge < -0.3 is 14.4 Å². The van der Waals surface area contributed by atoms with E-state index in [0.29, 0.717) is 16.7 Å². The van der Waals surface area contributed by atoms with E-state index in [-0.39, 0.29) is 28.9 Å². The summed E-state index contributed by atoms with van der Waals surface area (Å²) in [6.45, 7) is 3.80. The molecule has 3 rings (SSSR count). The molecule has 0 spiro atoms. The molecule has 2 aromatic carbocycles. The molecule has 0 aliphatic carbocycles. The SMILES string of the molecule is COc1ccc2c(c1)c(N=NC(=O)c1cccc([N+](=O)[O-])c1)c(O)n2C(C)C. The number of ether oxygens (including phenoxy) is 1. The fourth-order valence-electron chi connectivity index (χ4n) is 2.92. The zero-order valence-corrected chi connectivity index (χ0v) is 15.5. The second-order valence-corrected chi connectivity index (χ2v) is 6.33. The third-order valence-corrected chi connectivity index (χ3v) is 4.22. The number of amides is 1. The van der Waals surface area contributed by atoms with Gasteiger partial charge >= 0.3 is 0 Å². The molecule has 0 atom stereocenters. The largest absolute Gasteiger partial charge is 0.497 e. The first kappa shape index (κ1) is 19.0. The summed E-state index contributed by atoms with van der Waals surface area (Å²) >= 11 is 0. The van der Waals surface area contributed by atoms with E-state index in [1.807, 2.05) is 13.8 Å². The quantitative estimate of drug-likeness (QED) is 0.387. The predicted molar refractivity (Wildman–Crippen MR) is 102 cm³/mol. The Balaban J connectivity index is 2.06. The lowest BCUT2D eigenvalue weighted by Crippen LogP contribution is -1.99. The molecule has 9 nitrogen and oxygen atoms in total. The fraction of sp³-hybridized carbons (Fsp3) is 0.211. The van der Waals surface area contributed by atoms with Gasteiger partial charge in [-0.2, -0.15) is 0 Å². The van der Waals surface area contributed by atoms with Crippen LogP contribution in [0.2, 0.25) is 0 Å². The van der Waals surface area contributed by atoms with Crippen LogP contribution in [0.5, 0.6) is 11.6 Å². The molecule has 1 heterocycles. The molecular weight excluding hydrogens is 364 g/mol.